The van der Waals surface area contributed by atoms with E-state index in [9.17, 15) is 4.79 Å². The molecule has 0 bridgehead atoms. The summed E-state index contributed by atoms with van der Waals surface area (Å²) in [5.41, 5.74) is 3.27. The van der Waals surface area contributed by atoms with Gasteiger partial charge in [-0.2, -0.15) is 0 Å². The van der Waals surface area contributed by atoms with Crippen molar-refractivity contribution in [1.82, 2.24) is 9.38 Å². The number of hydrogen-bond acceptors (Lipinski definition) is 3. The SMILES string of the molecule is Cc1ccc2oc(=O)c3c(nc4ccccn43)c2c1. The summed E-state index contributed by atoms with van der Waals surface area (Å²) < 4.78 is 7.15. The molecule has 0 atom stereocenters. The van der Waals surface area contributed by atoms with Crippen LogP contribution in [0.4, 0.5) is 0 Å². The molecule has 0 saturated heterocycles. The second kappa shape index (κ2) is 3.45. The Labute approximate surface area is 107 Å². The molecule has 0 N–H and O–H groups in total. The number of rotatable bonds is 0. The van der Waals surface area contributed by atoms with Crippen LogP contribution in [0.1, 0.15) is 5.56 Å². The van der Waals surface area contributed by atoms with E-state index in [-0.39, 0.29) is 5.63 Å². The first kappa shape index (κ1) is 10.3. The quantitative estimate of drug-likeness (QED) is 0.451. The van der Waals surface area contributed by atoms with Gasteiger partial charge in [-0.05, 0) is 31.2 Å². The van der Waals surface area contributed by atoms with Gasteiger partial charge in [0.2, 0.25) is 0 Å². The van der Waals surface area contributed by atoms with E-state index in [0.29, 0.717) is 16.6 Å². The van der Waals surface area contributed by atoms with Crippen molar-refractivity contribution in [3.8, 4) is 0 Å². The van der Waals surface area contributed by atoms with E-state index < -0.39 is 0 Å². The molecule has 0 saturated carbocycles. The molecule has 19 heavy (non-hydrogen) atoms. The third-order valence-electron chi connectivity index (χ3n) is 3.32. The molecule has 0 radical (unpaired) electrons. The predicted octanol–water partition coefficient (Wildman–Crippen LogP) is 2.90. The number of pyridine rings is 1. The summed E-state index contributed by atoms with van der Waals surface area (Å²) in [5, 5.41) is 0.873. The molecule has 0 aliphatic carbocycles. The van der Waals surface area contributed by atoms with E-state index in [4.69, 9.17) is 4.42 Å². The highest BCUT2D eigenvalue weighted by atomic mass is 16.4. The van der Waals surface area contributed by atoms with E-state index >= 15 is 0 Å². The van der Waals surface area contributed by atoms with Crippen molar-refractivity contribution in [2.45, 2.75) is 6.92 Å². The van der Waals surface area contributed by atoms with Crippen molar-refractivity contribution < 1.29 is 4.42 Å². The van der Waals surface area contributed by atoms with Crippen molar-refractivity contribution in [3.05, 3.63) is 58.6 Å². The molecular formula is C15H10N2O2. The number of nitrogens with zero attached hydrogens (tertiary/aromatic N) is 2. The van der Waals surface area contributed by atoms with Crippen molar-refractivity contribution in [3.63, 3.8) is 0 Å². The first-order valence-corrected chi connectivity index (χ1v) is 6.04. The third-order valence-corrected chi connectivity index (χ3v) is 3.32. The summed E-state index contributed by atoms with van der Waals surface area (Å²) in [6.07, 6.45) is 1.82. The molecule has 1 aromatic carbocycles. The summed E-state index contributed by atoms with van der Waals surface area (Å²) in [7, 11) is 0. The monoisotopic (exact) mass is 250 g/mol. The van der Waals surface area contributed by atoms with Crippen molar-refractivity contribution in [2.75, 3.05) is 0 Å². The molecule has 0 amide bonds. The van der Waals surface area contributed by atoms with E-state index in [0.717, 1.165) is 16.6 Å². The average Bonchev–Trinajstić information content (AvgIpc) is 2.80. The lowest BCUT2D eigenvalue weighted by Crippen LogP contribution is -2.02. The summed E-state index contributed by atoms with van der Waals surface area (Å²) in [5.74, 6) is 0. The Bertz CT molecular complexity index is 995. The Morgan fingerprint density at radius 1 is 1.21 bits per heavy atom. The van der Waals surface area contributed by atoms with Gasteiger partial charge in [0.1, 0.15) is 16.7 Å². The lowest BCUT2D eigenvalue weighted by molar-refractivity contribution is 0.567. The molecule has 4 aromatic rings. The number of hydrogen-bond donors (Lipinski definition) is 0. The zero-order chi connectivity index (χ0) is 13.0. The minimum atomic E-state index is -0.356. The molecule has 0 unspecified atom stereocenters. The van der Waals surface area contributed by atoms with Gasteiger partial charge in [-0.15, -0.1) is 0 Å². The van der Waals surface area contributed by atoms with Gasteiger partial charge in [0.05, 0.1) is 0 Å². The van der Waals surface area contributed by atoms with Gasteiger partial charge >= 0.3 is 5.63 Å². The molecule has 92 valence electrons. The minimum Gasteiger partial charge on any atom is -0.421 e. The fourth-order valence-electron chi connectivity index (χ4n) is 2.44. The zero-order valence-electron chi connectivity index (χ0n) is 10.3. The van der Waals surface area contributed by atoms with Crippen LogP contribution in [-0.2, 0) is 0 Å². The van der Waals surface area contributed by atoms with Crippen molar-refractivity contribution in [2.24, 2.45) is 0 Å². The van der Waals surface area contributed by atoms with Crippen LogP contribution in [0, 0.1) is 6.92 Å². The maximum Gasteiger partial charge on any atom is 0.363 e. The topological polar surface area (TPSA) is 47.5 Å². The largest absolute Gasteiger partial charge is 0.421 e. The van der Waals surface area contributed by atoms with Crippen LogP contribution in [-0.4, -0.2) is 9.38 Å². The van der Waals surface area contributed by atoms with E-state index in [1.807, 2.05) is 49.5 Å². The lowest BCUT2D eigenvalue weighted by atomic mass is 10.1. The second-order valence-corrected chi connectivity index (χ2v) is 4.63. The Kier molecular flexibility index (Phi) is 1.87. The van der Waals surface area contributed by atoms with Crippen LogP contribution < -0.4 is 5.63 Å². The summed E-state index contributed by atoms with van der Waals surface area (Å²) in [4.78, 5) is 16.7. The van der Waals surface area contributed by atoms with Crippen LogP contribution >= 0.6 is 0 Å². The normalized spacial score (nSPS) is 11.6. The van der Waals surface area contributed by atoms with Crippen molar-refractivity contribution in [1.29, 1.82) is 0 Å². The second-order valence-electron chi connectivity index (χ2n) is 4.63. The zero-order valence-corrected chi connectivity index (χ0v) is 10.3. The highest BCUT2D eigenvalue weighted by Crippen LogP contribution is 2.24. The Balaban J connectivity index is 2.39. The van der Waals surface area contributed by atoms with Crippen LogP contribution in [0.5, 0.6) is 0 Å². The standard InChI is InChI=1S/C15H10N2O2/c1-9-5-6-11-10(8-9)13-14(15(18)19-11)17-7-3-2-4-12(17)16-13/h2-8H,1H3. The van der Waals surface area contributed by atoms with Gasteiger partial charge in [0, 0.05) is 11.6 Å². The average molecular weight is 250 g/mol. The highest BCUT2D eigenvalue weighted by molar-refractivity contribution is 6.02. The molecular weight excluding hydrogens is 240 g/mol. The van der Waals surface area contributed by atoms with E-state index in [1.165, 1.54) is 0 Å². The number of aryl methyl sites for hydroxylation is 1. The molecule has 4 rings (SSSR count). The van der Waals surface area contributed by atoms with Crippen LogP contribution in [0.2, 0.25) is 0 Å². The molecule has 4 nitrogen and oxygen atoms in total. The summed E-state index contributed by atoms with van der Waals surface area (Å²) >= 11 is 0. The predicted molar refractivity (Wildman–Crippen MR) is 73.5 cm³/mol. The van der Waals surface area contributed by atoms with Gasteiger partial charge in [-0.3, -0.25) is 4.40 Å². The van der Waals surface area contributed by atoms with Crippen LogP contribution in [0.25, 0.3) is 27.6 Å². The molecule has 0 aliphatic rings. The molecule has 0 aliphatic heterocycles. The molecule has 0 spiro atoms. The molecule has 0 fully saturated rings. The summed E-state index contributed by atoms with van der Waals surface area (Å²) in [6.45, 7) is 2.01. The number of aromatic nitrogens is 2. The number of benzene rings is 1. The van der Waals surface area contributed by atoms with Gasteiger partial charge in [0.15, 0.2) is 5.52 Å². The smallest absolute Gasteiger partial charge is 0.363 e. The highest BCUT2D eigenvalue weighted by Gasteiger charge is 2.13. The fraction of sp³-hybridized carbons (Fsp3) is 0.0667. The van der Waals surface area contributed by atoms with Crippen molar-refractivity contribution >= 4 is 27.6 Å². The van der Waals surface area contributed by atoms with Gasteiger partial charge in [0.25, 0.3) is 0 Å². The third kappa shape index (κ3) is 1.34. The first-order valence-electron chi connectivity index (χ1n) is 6.04. The van der Waals surface area contributed by atoms with Gasteiger partial charge < -0.3 is 4.42 Å². The number of imidazole rings is 1. The Morgan fingerprint density at radius 3 is 3.00 bits per heavy atom. The first-order chi connectivity index (χ1) is 9.24. The number of fused-ring (bicyclic) bond motifs is 5. The molecule has 3 heterocycles. The van der Waals surface area contributed by atoms with Crippen LogP contribution in [0.15, 0.2) is 51.8 Å². The fourth-order valence-corrected chi connectivity index (χ4v) is 2.44. The van der Waals surface area contributed by atoms with Gasteiger partial charge in [-0.25, -0.2) is 9.78 Å². The Morgan fingerprint density at radius 2 is 2.11 bits per heavy atom. The molecule has 4 heteroatoms. The lowest BCUT2D eigenvalue weighted by Gasteiger charge is -1.99. The minimum absolute atomic E-state index is 0.356. The molecule has 3 aromatic heterocycles. The van der Waals surface area contributed by atoms with Crippen LogP contribution in [0.3, 0.4) is 0 Å². The maximum atomic E-state index is 12.1. The van der Waals surface area contributed by atoms with Gasteiger partial charge in [-0.1, -0.05) is 17.7 Å². The summed E-state index contributed by atoms with van der Waals surface area (Å²) in [6, 6.07) is 11.4. The van der Waals surface area contributed by atoms with E-state index in [1.54, 1.807) is 4.40 Å². The maximum absolute atomic E-state index is 12.1. The Hall–Kier alpha value is -2.62. The van der Waals surface area contributed by atoms with E-state index in [2.05, 4.69) is 4.98 Å².